The minimum absolute atomic E-state index is 0.0598. The molecule has 5 rings (SSSR count). The van der Waals surface area contributed by atoms with Gasteiger partial charge in [-0.25, -0.2) is 0 Å². The molecule has 3 fully saturated rings. The molecule has 2 bridgehead atoms. The van der Waals surface area contributed by atoms with Crippen molar-refractivity contribution in [3.8, 4) is 0 Å². The third-order valence-electron chi connectivity index (χ3n) is 5.46. The molecule has 0 saturated carbocycles. The molecule has 25 heavy (non-hydrogen) atoms. The lowest BCUT2D eigenvalue weighted by Gasteiger charge is -2.35. The van der Waals surface area contributed by atoms with Crippen LogP contribution in [0.15, 0.2) is 16.1 Å². The summed E-state index contributed by atoms with van der Waals surface area (Å²) in [5.74, 6) is 0.252. The molecular formula is C17H24N4O3S. The Hall–Kier alpha value is -1.54. The summed E-state index contributed by atoms with van der Waals surface area (Å²) in [7, 11) is 1.65. The maximum atomic E-state index is 12.9. The van der Waals surface area contributed by atoms with Crippen LogP contribution in [0.1, 0.15) is 19.3 Å². The van der Waals surface area contributed by atoms with Crippen molar-refractivity contribution in [3.05, 3.63) is 11.1 Å². The quantitative estimate of drug-likeness (QED) is 0.720. The van der Waals surface area contributed by atoms with E-state index in [-0.39, 0.29) is 23.8 Å². The van der Waals surface area contributed by atoms with Gasteiger partial charge in [-0.3, -0.25) is 14.6 Å². The number of rotatable bonds is 5. The number of carbonyl (C=O) groups excluding carboxylic acids is 2. The number of methoxy groups -OCH3 is 1. The van der Waals surface area contributed by atoms with E-state index in [0.29, 0.717) is 32.7 Å². The summed E-state index contributed by atoms with van der Waals surface area (Å²) in [4.78, 5) is 36.0. The van der Waals surface area contributed by atoms with Gasteiger partial charge in [0.1, 0.15) is 0 Å². The first-order valence-corrected chi connectivity index (χ1v) is 9.80. The lowest BCUT2D eigenvalue weighted by Crippen LogP contribution is -2.49. The second-order valence-corrected chi connectivity index (χ2v) is 7.81. The number of thioether (sulfide) groups is 1. The van der Waals surface area contributed by atoms with Gasteiger partial charge in [0.2, 0.25) is 11.8 Å². The van der Waals surface area contributed by atoms with E-state index in [2.05, 4.69) is 9.89 Å². The van der Waals surface area contributed by atoms with E-state index in [1.165, 1.54) is 0 Å². The predicted molar refractivity (Wildman–Crippen MR) is 96.0 cm³/mol. The van der Waals surface area contributed by atoms with Crippen LogP contribution in [0.25, 0.3) is 0 Å². The Morgan fingerprint density at radius 2 is 2.28 bits per heavy atom. The van der Waals surface area contributed by atoms with Crippen LogP contribution in [0, 0.1) is 5.92 Å². The number of ether oxygens (including phenoxy) is 1. The van der Waals surface area contributed by atoms with E-state index in [4.69, 9.17) is 4.74 Å². The minimum atomic E-state index is -0.0598. The van der Waals surface area contributed by atoms with Crippen LogP contribution in [0.4, 0.5) is 0 Å². The summed E-state index contributed by atoms with van der Waals surface area (Å²) in [6, 6.07) is 0.126. The number of hydrogen-bond donors (Lipinski definition) is 0. The van der Waals surface area contributed by atoms with Crippen LogP contribution in [0.2, 0.25) is 0 Å². The molecule has 136 valence electrons. The fraction of sp³-hybridized carbons (Fsp3) is 0.706. The Labute approximate surface area is 152 Å². The fourth-order valence-corrected chi connectivity index (χ4v) is 5.06. The summed E-state index contributed by atoms with van der Waals surface area (Å²) in [6.45, 7) is 4.05. The van der Waals surface area contributed by atoms with Gasteiger partial charge in [-0.05, 0) is 18.2 Å². The lowest BCUT2D eigenvalue weighted by molar-refractivity contribution is -0.140. The third-order valence-corrected chi connectivity index (χ3v) is 6.41. The van der Waals surface area contributed by atoms with E-state index in [0.717, 1.165) is 36.8 Å². The SMILES string of the molecule is COCCN1C(=O)[C@H]2CC[C@@H]1CN(C(=O)CC1=CSC3=NCCN13)C2. The fourth-order valence-electron chi connectivity index (χ4n) is 4.11. The van der Waals surface area contributed by atoms with Crippen molar-refractivity contribution in [2.24, 2.45) is 10.9 Å². The zero-order valence-corrected chi connectivity index (χ0v) is 15.3. The lowest BCUT2D eigenvalue weighted by atomic mass is 9.94. The van der Waals surface area contributed by atoms with Crippen molar-refractivity contribution in [3.63, 3.8) is 0 Å². The Morgan fingerprint density at radius 3 is 3.12 bits per heavy atom. The van der Waals surface area contributed by atoms with Crippen LogP contribution >= 0.6 is 11.8 Å². The molecule has 5 aliphatic rings. The number of amidine groups is 1. The second kappa shape index (κ2) is 6.99. The van der Waals surface area contributed by atoms with Gasteiger partial charge in [0.05, 0.1) is 25.5 Å². The highest BCUT2D eigenvalue weighted by Gasteiger charge is 2.42. The molecule has 3 saturated heterocycles. The Balaban J connectivity index is 1.42. The van der Waals surface area contributed by atoms with Gasteiger partial charge in [0, 0.05) is 45.0 Å². The van der Waals surface area contributed by atoms with Gasteiger partial charge in [-0.2, -0.15) is 0 Å². The number of fused-ring (bicyclic) bond motifs is 5. The van der Waals surface area contributed by atoms with Crippen molar-refractivity contribution in [1.29, 1.82) is 0 Å². The molecule has 8 heteroatoms. The second-order valence-electron chi connectivity index (χ2n) is 6.97. The highest BCUT2D eigenvalue weighted by atomic mass is 32.2. The maximum Gasteiger partial charge on any atom is 0.228 e. The zero-order chi connectivity index (χ0) is 17.4. The summed E-state index contributed by atoms with van der Waals surface area (Å²) < 4.78 is 5.14. The van der Waals surface area contributed by atoms with Gasteiger partial charge >= 0.3 is 0 Å². The van der Waals surface area contributed by atoms with Gasteiger partial charge < -0.3 is 19.4 Å². The molecule has 0 spiro atoms. The molecule has 0 N–H and O–H groups in total. The normalized spacial score (nSPS) is 28.2. The van der Waals surface area contributed by atoms with E-state index in [1.807, 2.05) is 15.2 Å². The van der Waals surface area contributed by atoms with E-state index in [9.17, 15) is 9.59 Å². The summed E-state index contributed by atoms with van der Waals surface area (Å²) in [5.41, 5.74) is 1.05. The minimum Gasteiger partial charge on any atom is -0.383 e. The maximum absolute atomic E-state index is 12.9. The smallest absolute Gasteiger partial charge is 0.228 e. The van der Waals surface area contributed by atoms with Crippen LogP contribution in [-0.4, -0.2) is 84.2 Å². The predicted octanol–water partition coefficient (Wildman–Crippen LogP) is 0.732. The van der Waals surface area contributed by atoms with Gasteiger partial charge in [-0.15, -0.1) is 0 Å². The number of hydrogen-bond acceptors (Lipinski definition) is 6. The number of nitrogens with zero attached hydrogens (tertiary/aromatic N) is 4. The van der Waals surface area contributed by atoms with Crippen LogP contribution in [0.5, 0.6) is 0 Å². The van der Waals surface area contributed by atoms with E-state index in [1.54, 1.807) is 18.9 Å². The molecule has 2 amide bonds. The van der Waals surface area contributed by atoms with Crippen molar-refractivity contribution < 1.29 is 14.3 Å². The molecule has 0 aromatic rings. The molecule has 0 unspecified atom stereocenters. The first-order chi connectivity index (χ1) is 12.2. The zero-order valence-electron chi connectivity index (χ0n) is 14.5. The first-order valence-electron chi connectivity index (χ1n) is 8.92. The Kier molecular flexibility index (Phi) is 4.73. The monoisotopic (exact) mass is 364 g/mol. The molecule has 5 heterocycles. The number of piperidine rings is 1. The largest absolute Gasteiger partial charge is 0.383 e. The first kappa shape index (κ1) is 16.9. The average molecular weight is 364 g/mol. The van der Waals surface area contributed by atoms with Crippen molar-refractivity contribution in [2.75, 3.05) is 46.4 Å². The number of aliphatic imine (C=N–C) groups is 1. The van der Waals surface area contributed by atoms with Crippen molar-refractivity contribution >= 4 is 28.7 Å². The van der Waals surface area contributed by atoms with Crippen LogP contribution in [0.3, 0.4) is 0 Å². The van der Waals surface area contributed by atoms with Crippen molar-refractivity contribution in [1.82, 2.24) is 14.7 Å². The Bertz CT molecular complexity index is 635. The molecule has 0 aliphatic carbocycles. The number of carbonyl (C=O) groups is 2. The average Bonchev–Trinajstić information content (AvgIpc) is 3.11. The highest BCUT2D eigenvalue weighted by Crippen LogP contribution is 2.33. The van der Waals surface area contributed by atoms with Gasteiger partial charge in [0.25, 0.3) is 0 Å². The van der Waals surface area contributed by atoms with E-state index >= 15 is 0 Å². The molecule has 0 radical (unpaired) electrons. The Morgan fingerprint density at radius 1 is 1.40 bits per heavy atom. The summed E-state index contributed by atoms with van der Waals surface area (Å²) in [5, 5.41) is 3.05. The van der Waals surface area contributed by atoms with Gasteiger partial charge in [-0.1, -0.05) is 11.8 Å². The molecular weight excluding hydrogens is 340 g/mol. The van der Waals surface area contributed by atoms with Gasteiger partial charge in [0.15, 0.2) is 5.17 Å². The standard InChI is InChI=1S/C17H24N4O3S/c1-24-7-6-20-13-3-2-12(16(20)23)9-19(10-13)15(22)8-14-11-25-17-18-4-5-21(14)17/h11-13H,2-10H2,1H3/t12-,13+/m0/s1. The summed E-state index contributed by atoms with van der Waals surface area (Å²) >= 11 is 1.60. The molecule has 7 nitrogen and oxygen atoms in total. The molecule has 0 aromatic carbocycles. The topological polar surface area (TPSA) is 65.5 Å². The summed E-state index contributed by atoms with van der Waals surface area (Å²) in [6.07, 6.45) is 2.27. The number of amides is 2. The molecule has 0 aromatic heterocycles. The van der Waals surface area contributed by atoms with Crippen LogP contribution < -0.4 is 0 Å². The highest BCUT2D eigenvalue weighted by molar-refractivity contribution is 8.16. The van der Waals surface area contributed by atoms with E-state index < -0.39 is 0 Å². The molecule has 2 atom stereocenters. The molecule has 5 aliphatic heterocycles. The third kappa shape index (κ3) is 3.17. The van der Waals surface area contributed by atoms with Crippen LogP contribution in [-0.2, 0) is 14.3 Å². The van der Waals surface area contributed by atoms with Crippen molar-refractivity contribution in [2.45, 2.75) is 25.3 Å².